The van der Waals surface area contributed by atoms with Crippen LogP contribution in [0.4, 0.5) is 4.39 Å². The molecule has 21 heavy (non-hydrogen) atoms. The van der Waals surface area contributed by atoms with Gasteiger partial charge in [-0.1, -0.05) is 25.8 Å². The number of rotatable bonds is 5. The molecule has 1 N–H and O–H groups in total. The Hall–Kier alpha value is -1.87. The van der Waals surface area contributed by atoms with Gasteiger partial charge in [-0.3, -0.25) is 0 Å². The molecule has 0 aliphatic rings. The molecule has 0 unspecified atom stereocenters. The summed E-state index contributed by atoms with van der Waals surface area (Å²) in [4.78, 5) is 0. The zero-order valence-electron chi connectivity index (χ0n) is 12.3. The van der Waals surface area contributed by atoms with E-state index in [4.69, 9.17) is 0 Å². The first kappa shape index (κ1) is 14.1. The average molecular weight is 285 g/mol. The third-order valence-corrected chi connectivity index (χ3v) is 4.06. The molecule has 0 saturated carbocycles. The number of aromatic nitrogens is 1. The smallest absolute Gasteiger partial charge is 0.123 e. The molecular weight excluding hydrogens is 265 g/mol. The van der Waals surface area contributed by atoms with Gasteiger partial charge in [0.1, 0.15) is 5.82 Å². The maximum atomic E-state index is 13.6. The van der Waals surface area contributed by atoms with Crippen molar-refractivity contribution in [2.45, 2.75) is 39.3 Å². The molecule has 0 fully saturated rings. The maximum absolute atomic E-state index is 13.6. The number of halogens is 1. The fourth-order valence-corrected chi connectivity index (χ4v) is 2.98. The molecule has 0 bridgehead atoms. The van der Waals surface area contributed by atoms with E-state index in [-0.39, 0.29) is 12.4 Å². The highest BCUT2D eigenvalue weighted by Crippen LogP contribution is 2.31. The molecule has 2 nitrogen and oxygen atoms in total. The van der Waals surface area contributed by atoms with Crippen molar-refractivity contribution >= 4 is 21.8 Å². The Kier molecular flexibility index (Phi) is 3.93. The molecule has 1 aromatic heterocycles. The van der Waals surface area contributed by atoms with Crippen LogP contribution in [0.25, 0.3) is 21.8 Å². The first-order valence-electron chi connectivity index (χ1n) is 7.56. The number of hydrogen-bond donors (Lipinski definition) is 1. The standard InChI is InChI=1S/C18H20FNO/c1-2-3-4-9-20-17-7-5-13(12-21)10-15(17)16-11-14(19)6-8-18(16)20/h5-8,10-11,21H,2-4,9,12H2,1H3. The van der Waals surface area contributed by atoms with Gasteiger partial charge in [0.15, 0.2) is 0 Å². The van der Waals surface area contributed by atoms with Gasteiger partial charge in [0.2, 0.25) is 0 Å². The highest BCUT2D eigenvalue weighted by molar-refractivity contribution is 6.08. The van der Waals surface area contributed by atoms with Crippen molar-refractivity contribution in [2.24, 2.45) is 0 Å². The van der Waals surface area contributed by atoms with Gasteiger partial charge in [-0.2, -0.15) is 0 Å². The van der Waals surface area contributed by atoms with E-state index in [2.05, 4.69) is 11.5 Å². The fourth-order valence-electron chi connectivity index (χ4n) is 2.98. The minimum atomic E-state index is -0.218. The summed E-state index contributed by atoms with van der Waals surface area (Å²) in [6, 6.07) is 10.9. The van der Waals surface area contributed by atoms with E-state index in [1.54, 1.807) is 6.07 Å². The highest BCUT2D eigenvalue weighted by atomic mass is 19.1. The Labute approximate surface area is 123 Å². The van der Waals surface area contributed by atoms with Crippen molar-refractivity contribution in [3.05, 3.63) is 47.8 Å². The zero-order chi connectivity index (χ0) is 14.8. The Balaban J connectivity index is 2.22. The fraction of sp³-hybridized carbons (Fsp3) is 0.333. The van der Waals surface area contributed by atoms with Crippen LogP contribution in [0.15, 0.2) is 36.4 Å². The van der Waals surface area contributed by atoms with Crippen molar-refractivity contribution in [1.82, 2.24) is 4.57 Å². The van der Waals surface area contributed by atoms with Gasteiger partial charge in [0.25, 0.3) is 0 Å². The first-order valence-corrected chi connectivity index (χ1v) is 7.56. The second kappa shape index (κ2) is 5.86. The summed E-state index contributed by atoms with van der Waals surface area (Å²) in [6.07, 6.45) is 3.49. The number of fused-ring (bicyclic) bond motifs is 3. The van der Waals surface area contributed by atoms with Crippen molar-refractivity contribution < 1.29 is 9.50 Å². The number of benzene rings is 2. The molecule has 3 heteroatoms. The number of aryl methyl sites for hydroxylation is 1. The third-order valence-electron chi connectivity index (χ3n) is 4.06. The van der Waals surface area contributed by atoms with Gasteiger partial charge in [0.05, 0.1) is 6.61 Å². The number of aliphatic hydroxyl groups is 1. The van der Waals surface area contributed by atoms with E-state index < -0.39 is 0 Å². The summed E-state index contributed by atoms with van der Waals surface area (Å²) < 4.78 is 15.9. The minimum absolute atomic E-state index is 0.00770. The van der Waals surface area contributed by atoms with Gasteiger partial charge >= 0.3 is 0 Å². The summed E-state index contributed by atoms with van der Waals surface area (Å²) in [5, 5.41) is 11.3. The molecule has 0 saturated heterocycles. The first-order chi connectivity index (χ1) is 10.2. The Morgan fingerprint density at radius 2 is 1.71 bits per heavy atom. The molecule has 0 aliphatic heterocycles. The van der Waals surface area contributed by atoms with E-state index in [1.807, 2.05) is 24.3 Å². The van der Waals surface area contributed by atoms with Crippen LogP contribution in [0.3, 0.4) is 0 Å². The molecule has 110 valence electrons. The summed E-state index contributed by atoms with van der Waals surface area (Å²) in [7, 11) is 0. The van der Waals surface area contributed by atoms with Crippen LogP contribution in [0.2, 0.25) is 0 Å². The van der Waals surface area contributed by atoms with Gasteiger partial charge < -0.3 is 9.67 Å². The molecule has 1 heterocycles. The van der Waals surface area contributed by atoms with Crippen LogP contribution < -0.4 is 0 Å². The third kappa shape index (κ3) is 2.54. The Bertz CT molecular complexity index is 776. The summed E-state index contributed by atoms with van der Waals surface area (Å²) >= 11 is 0. The number of unbranched alkanes of at least 4 members (excludes halogenated alkanes) is 2. The van der Waals surface area contributed by atoms with Crippen molar-refractivity contribution in [3.63, 3.8) is 0 Å². The predicted octanol–water partition coefficient (Wildman–Crippen LogP) is 4.62. The quantitative estimate of drug-likeness (QED) is 0.680. The van der Waals surface area contributed by atoms with E-state index in [0.717, 1.165) is 40.3 Å². The topological polar surface area (TPSA) is 25.2 Å². The van der Waals surface area contributed by atoms with Gasteiger partial charge in [0, 0.05) is 28.4 Å². The SMILES string of the molecule is CCCCCn1c2ccc(F)cc2c2cc(CO)ccc21. The van der Waals surface area contributed by atoms with Crippen molar-refractivity contribution in [1.29, 1.82) is 0 Å². The lowest BCUT2D eigenvalue weighted by molar-refractivity contribution is 0.282. The minimum Gasteiger partial charge on any atom is -0.392 e. The van der Waals surface area contributed by atoms with E-state index in [9.17, 15) is 9.50 Å². The lowest BCUT2D eigenvalue weighted by Gasteiger charge is -2.07. The number of hydrogen-bond acceptors (Lipinski definition) is 1. The van der Waals surface area contributed by atoms with E-state index >= 15 is 0 Å². The summed E-state index contributed by atoms with van der Waals surface area (Å²) in [5.74, 6) is -0.218. The lowest BCUT2D eigenvalue weighted by Crippen LogP contribution is -1.97. The van der Waals surface area contributed by atoms with Gasteiger partial charge in [-0.05, 0) is 42.3 Å². The summed E-state index contributed by atoms with van der Waals surface area (Å²) in [5.41, 5.74) is 3.04. The van der Waals surface area contributed by atoms with Gasteiger partial charge in [-0.15, -0.1) is 0 Å². The zero-order valence-corrected chi connectivity index (χ0v) is 12.3. The largest absolute Gasteiger partial charge is 0.392 e. The van der Waals surface area contributed by atoms with Crippen LogP contribution in [-0.4, -0.2) is 9.67 Å². The second-order valence-electron chi connectivity index (χ2n) is 5.53. The van der Waals surface area contributed by atoms with Gasteiger partial charge in [-0.25, -0.2) is 4.39 Å². The molecular formula is C18H20FNO. The average Bonchev–Trinajstić information content (AvgIpc) is 2.80. The van der Waals surface area contributed by atoms with Crippen molar-refractivity contribution in [3.8, 4) is 0 Å². The second-order valence-corrected chi connectivity index (χ2v) is 5.53. The van der Waals surface area contributed by atoms with Crippen LogP contribution in [-0.2, 0) is 13.2 Å². The lowest BCUT2D eigenvalue weighted by atomic mass is 10.1. The molecule has 0 spiro atoms. The number of nitrogens with zero attached hydrogens (tertiary/aromatic N) is 1. The normalized spacial score (nSPS) is 11.6. The Morgan fingerprint density at radius 3 is 2.43 bits per heavy atom. The molecule has 3 rings (SSSR count). The van der Waals surface area contributed by atoms with Crippen LogP contribution in [0.1, 0.15) is 31.7 Å². The molecule has 0 radical (unpaired) electrons. The highest BCUT2D eigenvalue weighted by Gasteiger charge is 2.11. The molecule has 0 atom stereocenters. The predicted molar refractivity (Wildman–Crippen MR) is 84.8 cm³/mol. The summed E-state index contributed by atoms with van der Waals surface area (Å²) in [6.45, 7) is 3.14. The Morgan fingerprint density at radius 1 is 1.00 bits per heavy atom. The van der Waals surface area contributed by atoms with E-state index in [1.165, 1.54) is 18.9 Å². The molecule has 0 amide bonds. The van der Waals surface area contributed by atoms with Crippen molar-refractivity contribution in [2.75, 3.05) is 0 Å². The van der Waals surface area contributed by atoms with E-state index in [0.29, 0.717) is 0 Å². The molecule has 2 aromatic carbocycles. The molecule has 0 aliphatic carbocycles. The molecule has 3 aromatic rings. The van der Waals surface area contributed by atoms with Crippen LogP contribution >= 0.6 is 0 Å². The van der Waals surface area contributed by atoms with Crippen LogP contribution in [0.5, 0.6) is 0 Å². The van der Waals surface area contributed by atoms with Crippen LogP contribution in [0, 0.1) is 5.82 Å². The monoisotopic (exact) mass is 285 g/mol. The number of aliphatic hydroxyl groups excluding tert-OH is 1. The maximum Gasteiger partial charge on any atom is 0.123 e.